The van der Waals surface area contributed by atoms with Gasteiger partial charge in [-0.3, -0.25) is 0 Å². The molecule has 0 radical (unpaired) electrons. The highest BCUT2D eigenvalue weighted by molar-refractivity contribution is 6.13. The number of aromatic nitrogens is 4. The largest absolute Gasteiger partial charge is 0.438 e. The number of nitrogens with zero attached hydrogens (tertiary/aromatic N) is 4. The summed E-state index contributed by atoms with van der Waals surface area (Å²) in [5.41, 5.74) is 16.6. The van der Waals surface area contributed by atoms with E-state index in [9.17, 15) is 0 Å². The fourth-order valence-electron chi connectivity index (χ4n) is 9.57. The van der Waals surface area contributed by atoms with Crippen LogP contribution in [0.5, 0.6) is 0 Å². The van der Waals surface area contributed by atoms with Crippen LogP contribution in [0.25, 0.3) is 134 Å². The molecule has 0 unspecified atom stereocenters. The van der Waals surface area contributed by atoms with E-state index >= 15 is 0 Å². The lowest BCUT2D eigenvalue weighted by Crippen LogP contribution is -1.97. The van der Waals surface area contributed by atoms with Crippen molar-refractivity contribution in [1.29, 1.82) is 0 Å². The first kappa shape index (κ1) is 39.1. The van der Waals surface area contributed by atoms with Crippen molar-refractivity contribution >= 4 is 44.1 Å². The zero-order chi connectivity index (χ0) is 45.0. The topological polar surface area (TPSA) is 77.8 Å². The molecular weight excluding hydrogens is 833 g/mol. The van der Waals surface area contributed by atoms with Crippen LogP contribution in [-0.4, -0.2) is 19.9 Å². The molecule has 0 saturated heterocycles. The minimum Gasteiger partial charge on any atom is -0.438 e. The van der Waals surface area contributed by atoms with Crippen LogP contribution in [0.4, 0.5) is 0 Å². The van der Waals surface area contributed by atoms with E-state index < -0.39 is 0 Å². The van der Waals surface area contributed by atoms with Gasteiger partial charge in [-0.2, -0.15) is 9.97 Å². The maximum Gasteiger partial charge on any atom is 0.231 e. The molecule has 13 rings (SSSR count). The Morgan fingerprint density at radius 3 is 1.22 bits per heavy atom. The maximum atomic E-state index is 6.52. The van der Waals surface area contributed by atoms with Gasteiger partial charge in [0.2, 0.25) is 11.4 Å². The van der Waals surface area contributed by atoms with Crippen molar-refractivity contribution in [3.63, 3.8) is 0 Å². The van der Waals surface area contributed by atoms with E-state index in [4.69, 9.17) is 28.8 Å². The number of rotatable bonds is 8. The number of para-hydroxylation sites is 2. The van der Waals surface area contributed by atoms with E-state index in [-0.39, 0.29) is 0 Å². The quantitative estimate of drug-likeness (QED) is 0.151. The second-order valence-electron chi connectivity index (χ2n) is 16.9. The van der Waals surface area contributed by atoms with Crippen molar-refractivity contribution in [2.24, 2.45) is 0 Å². The lowest BCUT2D eigenvalue weighted by Gasteiger charge is -2.16. The summed E-state index contributed by atoms with van der Waals surface area (Å²) in [7, 11) is 0. The number of furan rings is 2. The summed E-state index contributed by atoms with van der Waals surface area (Å²) in [6.07, 6.45) is 0. The molecule has 0 fully saturated rings. The first-order chi connectivity index (χ1) is 33.7. The van der Waals surface area contributed by atoms with Crippen LogP contribution in [0, 0.1) is 0 Å². The highest BCUT2D eigenvalue weighted by atomic mass is 16.3. The van der Waals surface area contributed by atoms with E-state index in [0.717, 1.165) is 111 Å². The highest BCUT2D eigenvalue weighted by Crippen LogP contribution is 2.44. The summed E-state index contributed by atoms with van der Waals surface area (Å²) in [5.74, 6) is 1.17. The summed E-state index contributed by atoms with van der Waals surface area (Å²) >= 11 is 0. The van der Waals surface area contributed by atoms with Gasteiger partial charge in [-0.1, -0.05) is 200 Å². The van der Waals surface area contributed by atoms with Crippen molar-refractivity contribution in [2.75, 3.05) is 0 Å². The van der Waals surface area contributed by atoms with Gasteiger partial charge in [0.15, 0.2) is 11.6 Å². The minimum absolute atomic E-state index is 0.541. The molecule has 0 saturated carbocycles. The van der Waals surface area contributed by atoms with E-state index in [1.807, 2.05) is 48.5 Å². The smallest absolute Gasteiger partial charge is 0.231 e. The summed E-state index contributed by atoms with van der Waals surface area (Å²) in [6.45, 7) is 0. The molecule has 0 N–H and O–H groups in total. The van der Waals surface area contributed by atoms with E-state index in [2.05, 4.69) is 182 Å². The Kier molecular flexibility index (Phi) is 9.39. The average molecular weight is 871 g/mol. The van der Waals surface area contributed by atoms with Crippen LogP contribution < -0.4 is 0 Å². The average Bonchev–Trinajstić information content (AvgIpc) is 4.00. The van der Waals surface area contributed by atoms with E-state index in [1.54, 1.807) is 0 Å². The molecule has 6 nitrogen and oxygen atoms in total. The molecular formula is C62H38N4O2. The standard InChI is InChI=1S/C62H38N4O2/c1-3-18-39(19-4-1)41-22-15-25-44(36-41)57-55-51-32-11-13-34-53(51)67-61(55)65-59(63-57)46-27-17-24-43(38-46)47-28-7-8-29-48(47)49-30-9-10-31-50(49)58-56-52-33-12-14-35-54(52)68-62(56)66-60(64-58)45-26-16-23-42(37-45)40-20-5-2-6-21-40/h1-38H. The lowest BCUT2D eigenvalue weighted by atomic mass is 9.89. The molecule has 13 aromatic rings. The van der Waals surface area contributed by atoms with Gasteiger partial charge in [-0.15, -0.1) is 0 Å². The van der Waals surface area contributed by atoms with Crippen LogP contribution >= 0.6 is 0 Å². The number of hydrogen-bond acceptors (Lipinski definition) is 6. The maximum absolute atomic E-state index is 6.52. The Labute approximate surface area is 391 Å². The van der Waals surface area contributed by atoms with Crippen LogP contribution in [0.3, 0.4) is 0 Å². The Morgan fingerprint density at radius 1 is 0.250 bits per heavy atom. The zero-order valence-electron chi connectivity index (χ0n) is 36.5. The summed E-state index contributed by atoms with van der Waals surface area (Å²) in [4.78, 5) is 21.0. The van der Waals surface area contributed by atoms with Gasteiger partial charge in [0.25, 0.3) is 0 Å². The molecule has 4 aromatic heterocycles. The van der Waals surface area contributed by atoms with Crippen LogP contribution in [0.1, 0.15) is 0 Å². The van der Waals surface area contributed by atoms with Crippen LogP contribution in [0.2, 0.25) is 0 Å². The van der Waals surface area contributed by atoms with E-state index in [0.29, 0.717) is 23.1 Å². The monoisotopic (exact) mass is 870 g/mol. The normalized spacial score (nSPS) is 11.5. The second kappa shape index (κ2) is 16.3. The molecule has 68 heavy (non-hydrogen) atoms. The first-order valence-electron chi connectivity index (χ1n) is 22.7. The molecule has 0 atom stereocenters. The molecule has 6 heteroatoms. The Balaban J connectivity index is 0.958. The summed E-state index contributed by atoms with van der Waals surface area (Å²) < 4.78 is 13.0. The van der Waals surface area contributed by atoms with Gasteiger partial charge in [-0.25, -0.2) is 9.97 Å². The van der Waals surface area contributed by atoms with Crippen molar-refractivity contribution < 1.29 is 8.83 Å². The molecule has 0 spiro atoms. The minimum atomic E-state index is 0.541. The lowest BCUT2D eigenvalue weighted by molar-refractivity contribution is 0.653. The molecule has 0 aliphatic heterocycles. The van der Waals surface area contributed by atoms with Crippen LogP contribution in [0.15, 0.2) is 239 Å². The third-order valence-electron chi connectivity index (χ3n) is 12.8. The van der Waals surface area contributed by atoms with Crippen molar-refractivity contribution in [3.05, 3.63) is 231 Å². The molecule has 0 bridgehead atoms. The van der Waals surface area contributed by atoms with Gasteiger partial charge >= 0.3 is 0 Å². The zero-order valence-corrected chi connectivity index (χ0v) is 36.5. The molecule has 0 aliphatic carbocycles. The van der Waals surface area contributed by atoms with Gasteiger partial charge in [0.1, 0.15) is 11.2 Å². The first-order valence-corrected chi connectivity index (χ1v) is 22.7. The molecule has 0 amide bonds. The third-order valence-corrected chi connectivity index (χ3v) is 12.8. The molecule has 4 heterocycles. The fourth-order valence-corrected chi connectivity index (χ4v) is 9.57. The predicted octanol–water partition coefficient (Wildman–Crippen LogP) is 16.4. The summed E-state index contributed by atoms with van der Waals surface area (Å²) in [6, 6.07) is 79.5. The van der Waals surface area contributed by atoms with Gasteiger partial charge in [0.05, 0.1) is 22.2 Å². The van der Waals surface area contributed by atoms with E-state index in [1.165, 1.54) is 0 Å². The van der Waals surface area contributed by atoms with Crippen molar-refractivity contribution in [2.45, 2.75) is 0 Å². The van der Waals surface area contributed by atoms with Gasteiger partial charge in [0, 0.05) is 33.0 Å². The SMILES string of the molecule is c1ccc(-c2cccc(-c3nc(-c4ccccc4-c4ccccc4-c4cccc(-c5nc(-c6cccc(-c7ccccc7)c6)c6c(n5)oc5ccccc56)c4)c4c(n3)oc3ccccc34)c2)cc1. The predicted molar refractivity (Wildman–Crippen MR) is 276 cm³/mol. The van der Waals surface area contributed by atoms with Crippen molar-refractivity contribution in [1.82, 2.24) is 19.9 Å². The summed E-state index contributed by atoms with van der Waals surface area (Å²) in [5, 5.41) is 3.71. The highest BCUT2D eigenvalue weighted by Gasteiger charge is 2.23. The number of benzene rings is 9. The van der Waals surface area contributed by atoms with Gasteiger partial charge < -0.3 is 8.83 Å². The number of fused-ring (bicyclic) bond motifs is 6. The van der Waals surface area contributed by atoms with Crippen molar-refractivity contribution in [3.8, 4) is 89.8 Å². The van der Waals surface area contributed by atoms with Gasteiger partial charge in [-0.05, 0) is 74.8 Å². The molecule has 318 valence electrons. The second-order valence-corrected chi connectivity index (χ2v) is 16.9. The molecule has 9 aromatic carbocycles. The van der Waals surface area contributed by atoms with Crippen LogP contribution in [-0.2, 0) is 0 Å². The fraction of sp³-hybridized carbons (Fsp3) is 0. The Bertz CT molecular complexity index is 4040. The number of hydrogen-bond donors (Lipinski definition) is 0. The Morgan fingerprint density at radius 2 is 0.632 bits per heavy atom. The molecule has 0 aliphatic rings. The Hall–Kier alpha value is -9.26. The third kappa shape index (κ3) is 6.82.